The number of hydrogen-bond acceptors (Lipinski definition) is 3. The number of carbonyl (C=O) groups excluding carboxylic acids is 1. The van der Waals surface area contributed by atoms with Crippen molar-refractivity contribution in [3.8, 4) is 0 Å². The zero-order valence-corrected chi connectivity index (χ0v) is 10.8. The molecule has 0 spiro atoms. The predicted octanol–water partition coefficient (Wildman–Crippen LogP) is 0.572. The van der Waals surface area contributed by atoms with Gasteiger partial charge in [0.25, 0.3) is 0 Å². The van der Waals surface area contributed by atoms with Crippen molar-refractivity contribution >= 4 is 5.91 Å². The third kappa shape index (κ3) is 3.68. The Morgan fingerprint density at radius 3 is 2.59 bits per heavy atom. The second-order valence-corrected chi connectivity index (χ2v) is 5.77. The van der Waals surface area contributed by atoms with E-state index in [2.05, 4.69) is 17.3 Å². The molecule has 4 heteroatoms. The van der Waals surface area contributed by atoms with E-state index in [1.807, 2.05) is 0 Å². The molecule has 4 nitrogen and oxygen atoms in total. The van der Waals surface area contributed by atoms with Crippen LogP contribution in [-0.4, -0.2) is 43.5 Å². The molecule has 1 aliphatic carbocycles. The molecule has 2 rings (SSSR count). The van der Waals surface area contributed by atoms with Crippen LogP contribution < -0.4 is 11.1 Å². The molecule has 0 radical (unpaired) electrons. The van der Waals surface area contributed by atoms with Gasteiger partial charge in [-0.1, -0.05) is 0 Å². The quantitative estimate of drug-likeness (QED) is 0.757. The van der Waals surface area contributed by atoms with E-state index >= 15 is 0 Å². The number of nitrogens with two attached hydrogens (primary N) is 1. The molecule has 0 bridgehead atoms. The Bertz CT molecular complexity index is 261. The van der Waals surface area contributed by atoms with Gasteiger partial charge in [-0.3, -0.25) is 4.79 Å². The number of nitrogens with one attached hydrogen (secondary N) is 1. The van der Waals surface area contributed by atoms with Gasteiger partial charge < -0.3 is 16.0 Å². The average molecular weight is 239 g/mol. The SMILES string of the molecule is CN1CCC(CNC(=O)C2CCC(N)CC2)C1. The van der Waals surface area contributed by atoms with Crippen molar-refractivity contribution in [1.82, 2.24) is 10.2 Å². The monoisotopic (exact) mass is 239 g/mol. The summed E-state index contributed by atoms with van der Waals surface area (Å²) in [4.78, 5) is 14.3. The number of nitrogens with zero attached hydrogens (tertiary/aromatic N) is 1. The van der Waals surface area contributed by atoms with Crippen LogP contribution in [0.1, 0.15) is 32.1 Å². The van der Waals surface area contributed by atoms with Crippen LogP contribution in [0.5, 0.6) is 0 Å². The van der Waals surface area contributed by atoms with Crippen LogP contribution in [-0.2, 0) is 4.79 Å². The smallest absolute Gasteiger partial charge is 0.223 e. The molecule has 0 aromatic carbocycles. The molecule has 1 heterocycles. The molecule has 2 aliphatic rings. The summed E-state index contributed by atoms with van der Waals surface area (Å²) in [5.74, 6) is 1.12. The lowest BCUT2D eigenvalue weighted by Gasteiger charge is -2.25. The highest BCUT2D eigenvalue weighted by molar-refractivity contribution is 5.78. The van der Waals surface area contributed by atoms with Crippen molar-refractivity contribution < 1.29 is 4.79 Å². The first-order valence-corrected chi connectivity index (χ1v) is 6.87. The van der Waals surface area contributed by atoms with Crippen LogP contribution in [0.25, 0.3) is 0 Å². The second kappa shape index (κ2) is 5.83. The van der Waals surface area contributed by atoms with Crippen LogP contribution in [0, 0.1) is 11.8 Å². The van der Waals surface area contributed by atoms with E-state index < -0.39 is 0 Å². The summed E-state index contributed by atoms with van der Waals surface area (Å²) in [5, 5.41) is 3.12. The van der Waals surface area contributed by atoms with E-state index in [-0.39, 0.29) is 11.8 Å². The molecule has 3 N–H and O–H groups in total. The normalized spacial score (nSPS) is 34.8. The third-order valence-electron chi connectivity index (χ3n) is 4.20. The highest BCUT2D eigenvalue weighted by atomic mass is 16.1. The van der Waals surface area contributed by atoms with Crippen molar-refractivity contribution in [3.05, 3.63) is 0 Å². The van der Waals surface area contributed by atoms with E-state index in [9.17, 15) is 4.79 Å². The van der Waals surface area contributed by atoms with Gasteiger partial charge in [-0.2, -0.15) is 0 Å². The van der Waals surface area contributed by atoms with Gasteiger partial charge in [0.1, 0.15) is 0 Å². The minimum atomic E-state index is 0.217. The minimum absolute atomic E-state index is 0.217. The summed E-state index contributed by atoms with van der Waals surface area (Å²) in [6.45, 7) is 3.14. The topological polar surface area (TPSA) is 58.4 Å². The summed E-state index contributed by atoms with van der Waals surface area (Å²) in [7, 11) is 2.14. The number of rotatable bonds is 3. The van der Waals surface area contributed by atoms with Crippen LogP contribution in [0.3, 0.4) is 0 Å². The van der Waals surface area contributed by atoms with Crippen molar-refractivity contribution in [2.75, 3.05) is 26.7 Å². The van der Waals surface area contributed by atoms with E-state index in [0.717, 1.165) is 38.8 Å². The predicted molar refractivity (Wildman–Crippen MR) is 68.5 cm³/mol. The number of amides is 1. The molecule has 0 aromatic rings. The molecule has 1 amide bonds. The summed E-state index contributed by atoms with van der Waals surface area (Å²) >= 11 is 0. The van der Waals surface area contributed by atoms with Gasteiger partial charge >= 0.3 is 0 Å². The number of likely N-dealkylation sites (tertiary alicyclic amines) is 1. The van der Waals surface area contributed by atoms with Crippen molar-refractivity contribution in [1.29, 1.82) is 0 Å². The van der Waals surface area contributed by atoms with Gasteiger partial charge in [0.2, 0.25) is 5.91 Å². The van der Waals surface area contributed by atoms with Gasteiger partial charge in [-0.15, -0.1) is 0 Å². The Kier molecular flexibility index (Phi) is 4.40. The molecule has 1 unspecified atom stereocenters. The number of hydrogen-bond donors (Lipinski definition) is 2. The standard InChI is InChI=1S/C13H25N3O/c1-16-7-6-10(9-16)8-15-13(17)11-2-4-12(14)5-3-11/h10-12H,2-9,14H2,1H3,(H,15,17). The molecule has 1 saturated heterocycles. The first kappa shape index (κ1) is 12.8. The fourth-order valence-electron chi connectivity index (χ4n) is 2.96. The van der Waals surface area contributed by atoms with Crippen LogP contribution in [0.4, 0.5) is 0 Å². The highest BCUT2D eigenvalue weighted by Gasteiger charge is 2.26. The molecule has 0 aromatic heterocycles. The molecule has 17 heavy (non-hydrogen) atoms. The third-order valence-corrected chi connectivity index (χ3v) is 4.20. The van der Waals surface area contributed by atoms with E-state index in [0.29, 0.717) is 12.0 Å². The van der Waals surface area contributed by atoms with E-state index in [4.69, 9.17) is 5.73 Å². The zero-order chi connectivity index (χ0) is 12.3. The summed E-state index contributed by atoms with van der Waals surface area (Å²) in [5.41, 5.74) is 5.85. The first-order chi connectivity index (χ1) is 8.15. The van der Waals surface area contributed by atoms with Crippen LogP contribution in [0.2, 0.25) is 0 Å². The molecule has 1 saturated carbocycles. The summed E-state index contributed by atoms with van der Waals surface area (Å²) in [6.07, 6.45) is 5.16. The van der Waals surface area contributed by atoms with E-state index in [1.165, 1.54) is 13.0 Å². The number of carbonyl (C=O) groups is 1. The molecular weight excluding hydrogens is 214 g/mol. The lowest BCUT2D eigenvalue weighted by Crippen LogP contribution is -2.38. The largest absolute Gasteiger partial charge is 0.356 e. The van der Waals surface area contributed by atoms with Gasteiger partial charge in [0, 0.05) is 25.0 Å². The Morgan fingerprint density at radius 1 is 1.29 bits per heavy atom. The van der Waals surface area contributed by atoms with E-state index in [1.54, 1.807) is 0 Å². The Morgan fingerprint density at radius 2 is 2.00 bits per heavy atom. The fourth-order valence-corrected chi connectivity index (χ4v) is 2.96. The summed E-state index contributed by atoms with van der Waals surface area (Å²) in [6, 6.07) is 0.322. The Hall–Kier alpha value is -0.610. The second-order valence-electron chi connectivity index (χ2n) is 5.77. The van der Waals surface area contributed by atoms with Gasteiger partial charge in [-0.05, 0) is 51.6 Å². The lowest BCUT2D eigenvalue weighted by molar-refractivity contribution is -0.126. The maximum atomic E-state index is 12.0. The fraction of sp³-hybridized carbons (Fsp3) is 0.923. The highest BCUT2D eigenvalue weighted by Crippen LogP contribution is 2.23. The maximum absolute atomic E-state index is 12.0. The van der Waals surface area contributed by atoms with Gasteiger partial charge in [-0.25, -0.2) is 0 Å². The maximum Gasteiger partial charge on any atom is 0.223 e. The molecular formula is C13H25N3O. The zero-order valence-electron chi connectivity index (χ0n) is 10.8. The summed E-state index contributed by atoms with van der Waals surface area (Å²) < 4.78 is 0. The molecule has 2 fully saturated rings. The first-order valence-electron chi connectivity index (χ1n) is 6.87. The van der Waals surface area contributed by atoms with Gasteiger partial charge in [0.15, 0.2) is 0 Å². The van der Waals surface area contributed by atoms with Crippen molar-refractivity contribution in [2.45, 2.75) is 38.1 Å². The lowest BCUT2D eigenvalue weighted by atomic mass is 9.86. The van der Waals surface area contributed by atoms with Crippen molar-refractivity contribution in [2.24, 2.45) is 17.6 Å². The Labute approximate surface area is 104 Å². The molecule has 1 atom stereocenters. The minimum Gasteiger partial charge on any atom is -0.356 e. The molecule has 1 aliphatic heterocycles. The molecule has 98 valence electrons. The Balaban J connectivity index is 1.67. The van der Waals surface area contributed by atoms with Crippen LogP contribution >= 0.6 is 0 Å². The average Bonchev–Trinajstić information content (AvgIpc) is 2.73. The van der Waals surface area contributed by atoms with Crippen molar-refractivity contribution in [3.63, 3.8) is 0 Å². The van der Waals surface area contributed by atoms with Gasteiger partial charge in [0.05, 0.1) is 0 Å². The van der Waals surface area contributed by atoms with Crippen LogP contribution in [0.15, 0.2) is 0 Å².